The summed E-state index contributed by atoms with van der Waals surface area (Å²) in [6.45, 7) is 2.24. The maximum atomic E-state index is 11.9. The molecule has 0 atom stereocenters. The van der Waals surface area contributed by atoms with Gasteiger partial charge in [0.1, 0.15) is 23.8 Å². The van der Waals surface area contributed by atoms with Crippen molar-refractivity contribution in [3.63, 3.8) is 0 Å². The standard InChI is InChI=1S/C19H17BrN2O4/c1-3-25-19(23)13-8-12-9-16(18(24-2)10-17(12)26-11-13)22-21-15-6-4-14(20)5-7-15/h4-10H,3,11H2,1-2H3/b22-21+. The van der Waals surface area contributed by atoms with Crippen molar-refractivity contribution in [3.05, 3.63) is 52.0 Å². The molecular weight excluding hydrogens is 400 g/mol. The first-order valence-electron chi connectivity index (χ1n) is 8.00. The Morgan fingerprint density at radius 1 is 1.23 bits per heavy atom. The van der Waals surface area contributed by atoms with Crippen LogP contribution < -0.4 is 9.47 Å². The van der Waals surface area contributed by atoms with Gasteiger partial charge in [-0.2, -0.15) is 5.11 Å². The SMILES string of the molecule is CCOC(=O)C1=Cc2cc(/N=N/c3ccc(Br)cc3)c(OC)cc2OC1. The monoisotopic (exact) mass is 416 g/mol. The van der Waals surface area contributed by atoms with Gasteiger partial charge in [0, 0.05) is 16.1 Å². The molecule has 0 unspecified atom stereocenters. The highest BCUT2D eigenvalue weighted by Crippen LogP contribution is 2.38. The molecule has 1 aliphatic heterocycles. The zero-order valence-electron chi connectivity index (χ0n) is 14.4. The van der Waals surface area contributed by atoms with E-state index in [2.05, 4.69) is 26.2 Å². The third kappa shape index (κ3) is 4.11. The third-order valence-corrected chi connectivity index (χ3v) is 4.19. The van der Waals surface area contributed by atoms with Crippen molar-refractivity contribution in [2.24, 2.45) is 10.2 Å². The summed E-state index contributed by atoms with van der Waals surface area (Å²) < 4.78 is 17.0. The first-order valence-corrected chi connectivity index (χ1v) is 8.80. The molecule has 2 aromatic carbocycles. The highest BCUT2D eigenvalue weighted by atomic mass is 79.9. The number of benzene rings is 2. The van der Waals surface area contributed by atoms with Gasteiger partial charge in [0.2, 0.25) is 0 Å². The Balaban J connectivity index is 1.93. The minimum Gasteiger partial charge on any atom is -0.494 e. The van der Waals surface area contributed by atoms with Crippen molar-refractivity contribution in [1.82, 2.24) is 0 Å². The van der Waals surface area contributed by atoms with Crippen LogP contribution in [0.3, 0.4) is 0 Å². The number of nitrogens with zero attached hydrogens (tertiary/aromatic N) is 2. The van der Waals surface area contributed by atoms with Gasteiger partial charge >= 0.3 is 5.97 Å². The number of hydrogen-bond acceptors (Lipinski definition) is 6. The van der Waals surface area contributed by atoms with E-state index in [4.69, 9.17) is 14.2 Å². The molecule has 0 radical (unpaired) electrons. The van der Waals surface area contributed by atoms with E-state index in [0.717, 1.165) is 10.0 Å². The number of rotatable bonds is 5. The van der Waals surface area contributed by atoms with Gasteiger partial charge in [-0.05, 0) is 43.3 Å². The molecule has 0 spiro atoms. The average molecular weight is 417 g/mol. The summed E-state index contributed by atoms with van der Waals surface area (Å²) in [4.78, 5) is 11.9. The van der Waals surface area contributed by atoms with E-state index in [-0.39, 0.29) is 12.6 Å². The molecule has 0 N–H and O–H groups in total. The van der Waals surface area contributed by atoms with E-state index >= 15 is 0 Å². The van der Waals surface area contributed by atoms with Gasteiger partial charge in [0.05, 0.1) is 25.0 Å². The zero-order valence-corrected chi connectivity index (χ0v) is 15.9. The first kappa shape index (κ1) is 18.1. The van der Waals surface area contributed by atoms with E-state index in [9.17, 15) is 4.79 Å². The number of hydrogen-bond donors (Lipinski definition) is 0. The number of azo groups is 1. The number of fused-ring (bicyclic) bond motifs is 1. The molecule has 0 aromatic heterocycles. The Morgan fingerprint density at radius 2 is 2.00 bits per heavy atom. The van der Waals surface area contributed by atoms with Crippen LogP contribution >= 0.6 is 15.9 Å². The first-order chi connectivity index (χ1) is 12.6. The Morgan fingerprint density at radius 3 is 2.69 bits per heavy atom. The van der Waals surface area contributed by atoms with Gasteiger partial charge in [0.15, 0.2) is 0 Å². The topological polar surface area (TPSA) is 69.5 Å². The van der Waals surface area contributed by atoms with Gasteiger partial charge in [-0.1, -0.05) is 15.9 Å². The molecule has 3 rings (SSSR count). The van der Waals surface area contributed by atoms with Crippen molar-refractivity contribution in [2.75, 3.05) is 20.3 Å². The van der Waals surface area contributed by atoms with Crippen LogP contribution in [0.2, 0.25) is 0 Å². The largest absolute Gasteiger partial charge is 0.494 e. The van der Waals surface area contributed by atoms with Gasteiger partial charge < -0.3 is 14.2 Å². The lowest BCUT2D eigenvalue weighted by Gasteiger charge is -2.18. The van der Waals surface area contributed by atoms with Crippen LogP contribution in [0.15, 0.2) is 56.7 Å². The number of methoxy groups -OCH3 is 1. The molecule has 26 heavy (non-hydrogen) atoms. The molecule has 0 saturated carbocycles. The third-order valence-electron chi connectivity index (χ3n) is 3.66. The smallest absolute Gasteiger partial charge is 0.337 e. The summed E-state index contributed by atoms with van der Waals surface area (Å²) in [6, 6.07) is 11.0. The fourth-order valence-corrected chi connectivity index (χ4v) is 2.66. The van der Waals surface area contributed by atoms with Crippen LogP contribution in [0.4, 0.5) is 11.4 Å². The highest BCUT2D eigenvalue weighted by molar-refractivity contribution is 9.10. The number of ether oxygens (including phenoxy) is 3. The van der Waals surface area contributed by atoms with Crippen LogP contribution in [-0.4, -0.2) is 26.3 Å². The summed E-state index contributed by atoms with van der Waals surface area (Å²) in [5, 5.41) is 8.50. The lowest BCUT2D eigenvalue weighted by Crippen LogP contribution is -2.17. The fraction of sp³-hybridized carbons (Fsp3) is 0.211. The minimum absolute atomic E-state index is 0.161. The number of carbonyl (C=O) groups excluding carboxylic acids is 1. The average Bonchev–Trinajstić information content (AvgIpc) is 2.66. The molecule has 6 nitrogen and oxygen atoms in total. The molecule has 7 heteroatoms. The van der Waals surface area contributed by atoms with Crippen molar-refractivity contribution >= 4 is 39.4 Å². The van der Waals surface area contributed by atoms with Crippen molar-refractivity contribution in [1.29, 1.82) is 0 Å². The summed E-state index contributed by atoms with van der Waals surface area (Å²) in [5.41, 5.74) is 2.44. The second kappa shape index (κ2) is 8.14. The zero-order chi connectivity index (χ0) is 18.5. The highest BCUT2D eigenvalue weighted by Gasteiger charge is 2.20. The molecule has 0 saturated heterocycles. The van der Waals surface area contributed by atoms with Crippen molar-refractivity contribution < 1.29 is 19.0 Å². The Labute approximate surface area is 159 Å². The maximum absolute atomic E-state index is 11.9. The fourth-order valence-electron chi connectivity index (χ4n) is 2.39. The normalized spacial score (nSPS) is 13.0. The minimum atomic E-state index is -0.382. The lowest BCUT2D eigenvalue weighted by atomic mass is 10.1. The van der Waals surface area contributed by atoms with Gasteiger partial charge in [-0.3, -0.25) is 0 Å². The summed E-state index contributed by atoms with van der Waals surface area (Å²) in [5.74, 6) is 0.780. The number of carbonyl (C=O) groups is 1. The summed E-state index contributed by atoms with van der Waals surface area (Å²) in [6.07, 6.45) is 1.74. The van der Waals surface area contributed by atoms with E-state index in [1.165, 1.54) is 0 Å². The van der Waals surface area contributed by atoms with E-state index in [1.807, 2.05) is 24.3 Å². The van der Waals surface area contributed by atoms with Crippen LogP contribution in [0, 0.1) is 0 Å². The molecule has 0 amide bonds. The van der Waals surface area contributed by atoms with Gasteiger partial charge in [0.25, 0.3) is 0 Å². The van der Waals surface area contributed by atoms with Gasteiger partial charge in [-0.25, -0.2) is 4.79 Å². The Kier molecular flexibility index (Phi) is 5.68. The second-order valence-corrected chi connectivity index (χ2v) is 6.33. The van der Waals surface area contributed by atoms with Crippen LogP contribution in [0.1, 0.15) is 12.5 Å². The molecule has 1 heterocycles. The quantitative estimate of drug-likeness (QED) is 0.495. The molecular formula is C19H17BrN2O4. The Bertz CT molecular complexity index is 876. The molecule has 1 aliphatic rings. The molecule has 0 fully saturated rings. The number of esters is 1. The molecule has 2 aromatic rings. The Hall–Kier alpha value is -2.67. The van der Waals surface area contributed by atoms with Crippen molar-refractivity contribution in [2.45, 2.75) is 6.92 Å². The van der Waals surface area contributed by atoms with E-state index in [1.54, 1.807) is 32.2 Å². The van der Waals surface area contributed by atoms with Gasteiger partial charge in [-0.15, -0.1) is 5.11 Å². The predicted molar refractivity (Wildman–Crippen MR) is 101 cm³/mol. The molecule has 134 valence electrons. The summed E-state index contributed by atoms with van der Waals surface area (Å²) >= 11 is 3.38. The second-order valence-electron chi connectivity index (χ2n) is 5.42. The van der Waals surface area contributed by atoms with Crippen molar-refractivity contribution in [3.8, 4) is 11.5 Å². The van der Waals surface area contributed by atoms with Crippen LogP contribution in [-0.2, 0) is 9.53 Å². The molecule has 0 bridgehead atoms. The van der Waals surface area contributed by atoms with Crippen LogP contribution in [0.5, 0.6) is 11.5 Å². The summed E-state index contributed by atoms with van der Waals surface area (Å²) in [7, 11) is 1.56. The van der Waals surface area contributed by atoms with Crippen LogP contribution in [0.25, 0.3) is 6.08 Å². The number of halogens is 1. The predicted octanol–water partition coefficient (Wildman–Crippen LogP) is 5.21. The maximum Gasteiger partial charge on any atom is 0.337 e. The lowest BCUT2D eigenvalue weighted by molar-refractivity contribution is -0.138. The van der Waals surface area contributed by atoms with E-state index in [0.29, 0.717) is 35.1 Å². The van der Waals surface area contributed by atoms with E-state index < -0.39 is 0 Å². The molecule has 0 aliphatic carbocycles.